The topological polar surface area (TPSA) is 51.5 Å². The Bertz CT molecular complexity index is 709. The van der Waals surface area contributed by atoms with E-state index in [1.165, 1.54) is 0 Å². The van der Waals surface area contributed by atoms with Crippen LogP contribution in [0.25, 0.3) is 11.5 Å². The first-order valence-corrected chi connectivity index (χ1v) is 7.60. The van der Waals surface area contributed by atoms with Crippen LogP contribution in [-0.4, -0.2) is 47.9 Å². The number of hydrogen-bond acceptors (Lipinski definition) is 3. The molecule has 0 saturated carbocycles. The molecule has 0 radical (unpaired) electrons. The van der Waals surface area contributed by atoms with Crippen molar-refractivity contribution in [3.8, 4) is 11.5 Å². The first-order chi connectivity index (χ1) is 9.97. The molecule has 0 atom stereocenters. The molecule has 2 aromatic heterocycles. The van der Waals surface area contributed by atoms with E-state index < -0.39 is 0 Å². The third kappa shape index (κ3) is 2.48. The molecular weight excluding hydrogens is 288 g/mol. The lowest BCUT2D eigenvalue weighted by Gasteiger charge is -2.04. The summed E-state index contributed by atoms with van der Waals surface area (Å²) in [5, 5.41) is 9.58. The van der Waals surface area contributed by atoms with E-state index in [4.69, 9.17) is 11.6 Å². The smallest absolute Gasteiger partial charge is 0.190 e. The predicted molar refractivity (Wildman–Crippen MR) is 82.0 cm³/mol. The highest BCUT2D eigenvalue weighted by molar-refractivity contribution is 6.35. The van der Waals surface area contributed by atoms with Crippen molar-refractivity contribution in [1.82, 2.24) is 24.5 Å². The molecule has 7 heteroatoms. The zero-order valence-electron chi connectivity index (χ0n) is 12.8. The predicted octanol–water partition coefficient (Wildman–Crippen LogP) is 1.88. The molecule has 0 spiro atoms. The largest absolute Gasteiger partial charge is 0.257 e. The van der Waals surface area contributed by atoms with Crippen molar-refractivity contribution in [2.24, 2.45) is 7.05 Å². The van der Waals surface area contributed by atoms with Crippen molar-refractivity contribution in [2.75, 3.05) is 6.54 Å². The summed E-state index contributed by atoms with van der Waals surface area (Å²) >= 11 is 6.58. The van der Waals surface area contributed by atoms with Gasteiger partial charge in [0.25, 0.3) is 0 Å². The number of fused-ring (bicyclic) bond motifs is 1. The van der Waals surface area contributed by atoms with Crippen LogP contribution in [-0.2, 0) is 13.6 Å². The van der Waals surface area contributed by atoms with Crippen LogP contribution < -0.4 is 0 Å². The van der Waals surface area contributed by atoms with Gasteiger partial charge in [0.2, 0.25) is 0 Å². The van der Waals surface area contributed by atoms with Gasteiger partial charge >= 0.3 is 0 Å². The molecule has 0 aliphatic carbocycles. The molecule has 0 fully saturated rings. The minimum Gasteiger partial charge on any atom is -0.257 e. The number of rotatable bonds is 2. The summed E-state index contributed by atoms with van der Waals surface area (Å²) in [5.41, 5.74) is 1.66. The van der Waals surface area contributed by atoms with E-state index in [1.54, 1.807) is 4.68 Å². The van der Waals surface area contributed by atoms with Crippen molar-refractivity contribution < 1.29 is 4.58 Å². The van der Waals surface area contributed by atoms with E-state index in [-0.39, 0.29) is 0 Å². The fourth-order valence-electron chi connectivity index (χ4n) is 2.64. The fourth-order valence-corrected chi connectivity index (χ4v) is 2.91. The Kier molecular flexibility index (Phi) is 3.57. The van der Waals surface area contributed by atoms with Crippen molar-refractivity contribution >= 4 is 17.8 Å². The lowest BCUT2D eigenvalue weighted by Crippen LogP contribution is -2.22. The Morgan fingerprint density at radius 3 is 2.71 bits per heavy atom. The summed E-state index contributed by atoms with van der Waals surface area (Å²) in [6, 6.07) is 0.447. The SMILES string of the molecule is Cc1nc(-c2nn3c(c2Cl)C=[N+](C(C)C)CCC3)n(C)n1. The summed E-state index contributed by atoms with van der Waals surface area (Å²) < 4.78 is 6.01. The number of aromatic nitrogens is 5. The third-order valence-corrected chi connectivity index (χ3v) is 4.12. The number of halogens is 1. The maximum atomic E-state index is 6.58. The van der Waals surface area contributed by atoms with E-state index in [1.807, 2.05) is 18.7 Å². The molecule has 1 aliphatic rings. The molecule has 0 saturated heterocycles. The average Bonchev–Trinajstić information content (AvgIpc) is 2.81. The summed E-state index contributed by atoms with van der Waals surface area (Å²) in [6.07, 6.45) is 3.16. The molecule has 0 aromatic carbocycles. The summed E-state index contributed by atoms with van der Waals surface area (Å²) in [6.45, 7) is 8.12. The zero-order chi connectivity index (χ0) is 15.1. The van der Waals surface area contributed by atoms with E-state index in [9.17, 15) is 0 Å². The van der Waals surface area contributed by atoms with E-state index in [2.05, 4.69) is 39.8 Å². The molecule has 0 bridgehead atoms. The molecule has 3 heterocycles. The van der Waals surface area contributed by atoms with E-state index in [0.29, 0.717) is 22.6 Å². The number of nitrogens with zero attached hydrogens (tertiary/aromatic N) is 6. The summed E-state index contributed by atoms with van der Waals surface area (Å²) in [7, 11) is 1.86. The second-order valence-electron chi connectivity index (χ2n) is 5.69. The van der Waals surface area contributed by atoms with Gasteiger partial charge in [-0.05, 0) is 20.8 Å². The Hall–Kier alpha value is -1.69. The third-order valence-electron chi connectivity index (χ3n) is 3.75. The van der Waals surface area contributed by atoms with Gasteiger partial charge in [0.1, 0.15) is 34.8 Å². The van der Waals surface area contributed by atoms with Crippen molar-refractivity contribution in [3.63, 3.8) is 0 Å². The Morgan fingerprint density at radius 1 is 1.33 bits per heavy atom. The van der Waals surface area contributed by atoms with Gasteiger partial charge in [-0.15, -0.1) is 0 Å². The lowest BCUT2D eigenvalue weighted by atomic mass is 10.3. The van der Waals surface area contributed by atoms with Gasteiger partial charge in [0.05, 0.1) is 0 Å². The molecule has 6 nitrogen and oxygen atoms in total. The van der Waals surface area contributed by atoms with Crippen LogP contribution in [0, 0.1) is 6.92 Å². The van der Waals surface area contributed by atoms with Crippen LogP contribution in [0.1, 0.15) is 31.8 Å². The summed E-state index contributed by atoms with van der Waals surface area (Å²) in [4.78, 5) is 4.43. The van der Waals surface area contributed by atoms with E-state index in [0.717, 1.165) is 31.0 Å². The van der Waals surface area contributed by atoms with Crippen molar-refractivity contribution in [3.05, 3.63) is 16.5 Å². The maximum absolute atomic E-state index is 6.58. The first-order valence-electron chi connectivity index (χ1n) is 7.22. The average molecular weight is 308 g/mol. The van der Waals surface area contributed by atoms with Gasteiger partial charge in [0.15, 0.2) is 12.0 Å². The van der Waals surface area contributed by atoms with Gasteiger partial charge in [-0.3, -0.25) is 4.68 Å². The number of hydrogen-bond donors (Lipinski definition) is 0. The van der Waals surface area contributed by atoms with Gasteiger partial charge in [-0.1, -0.05) is 11.6 Å². The Labute approximate surface area is 129 Å². The van der Waals surface area contributed by atoms with Crippen molar-refractivity contribution in [2.45, 2.75) is 39.8 Å². The minimum atomic E-state index is 0.447. The number of aryl methyl sites for hydroxylation is 3. The standard InChI is InChI=1S/C14H20ClN6/c1-9(2)20-6-5-7-21-11(8-20)12(15)13(18-21)14-16-10(3)17-19(14)4/h8-9H,5-7H2,1-4H3/q+1. The second kappa shape index (κ2) is 5.26. The maximum Gasteiger partial charge on any atom is 0.190 e. The molecular formula is C14H20ClN6+. The van der Waals surface area contributed by atoms with Crippen LogP contribution >= 0.6 is 11.6 Å². The Morgan fingerprint density at radius 2 is 2.10 bits per heavy atom. The minimum absolute atomic E-state index is 0.447. The first kappa shape index (κ1) is 14.3. The molecule has 1 aliphatic heterocycles. The molecule has 0 amide bonds. The highest BCUT2D eigenvalue weighted by atomic mass is 35.5. The van der Waals surface area contributed by atoms with Gasteiger partial charge < -0.3 is 0 Å². The molecule has 112 valence electrons. The molecule has 3 rings (SSSR count). The van der Waals surface area contributed by atoms with Crippen LogP contribution in [0.15, 0.2) is 0 Å². The quantitative estimate of drug-likeness (QED) is 0.796. The monoisotopic (exact) mass is 307 g/mol. The molecule has 0 N–H and O–H groups in total. The van der Waals surface area contributed by atoms with E-state index >= 15 is 0 Å². The molecule has 0 unspecified atom stereocenters. The van der Waals surface area contributed by atoms with Gasteiger partial charge in [-0.25, -0.2) is 14.2 Å². The molecule has 21 heavy (non-hydrogen) atoms. The highest BCUT2D eigenvalue weighted by Crippen LogP contribution is 2.28. The second-order valence-corrected chi connectivity index (χ2v) is 6.07. The lowest BCUT2D eigenvalue weighted by molar-refractivity contribution is -0.553. The Balaban J connectivity index is 2.13. The molecule has 2 aromatic rings. The van der Waals surface area contributed by atoms with Crippen LogP contribution in [0.4, 0.5) is 0 Å². The van der Waals surface area contributed by atoms with Crippen molar-refractivity contribution in [1.29, 1.82) is 0 Å². The van der Waals surface area contributed by atoms with Gasteiger partial charge in [0, 0.05) is 20.0 Å². The zero-order valence-corrected chi connectivity index (χ0v) is 13.6. The normalized spacial score (nSPS) is 15.0. The van der Waals surface area contributed by atoms with Crippen LogP contribution in [0.5, 0.6) is 0 Å². The van der Waals surface area contributed by atoms with Crippen LogP contribution in [0.3, 0.4) is 0 Å². The van der Waals surface area contributed by atoms with Crippen LogP contribution in [0.2, 0.25) is 5.02 Å². The summed E-state index contributed by atoms with van der Waals surface area (Å²) in [5.74, 6) is 1.43. The van der Waals surface area contributed by atoms with Gasteiger partial charge in [-0.2, -0.15) is 10.2 Å². The highest BCUT2D eigenvalue weighted by Gasteiger charge is 2.25. The fraction of sp³-hybridized carbons (Fsp3) is 0.571.